The van der Waals surface area contributed by atoms with Crippen LogP contribution in [0.25, 0.3) is 0 Å². The zero-order valence-electron chi connectivity index (χ0n) is 17.1. The van der Waals surface area contributed by atoms with Crippen LogP contribution in [0.15, 0.2) is 65.6 Å². The Kier molecular flexibility index (Phi) is 7.05. The molecule has 0 spiro atoms. The Hall–Kier alpha value is -2.22. The van der Waals surface area contributed by atoms with Gasteiger partial charge in [-0.15, -0.1) is 0 Å². The highest BCUT2D eigenvalue weighted by Gasteiger charge is 2.34. The van der Waals surface area contributed by atoms with Crippen molar-refractivity contribution >= 4 is 15.9 Å². The summed E-state index contributed by atoms with van der Waals surface area (Å²) in [5, 5.41) is 0. The molecule has 0 radical (unpaired) electrons. The van der Waals surface area contributed by atoms with Crippen molar-refractivity contribution in [3.63, 3.8) is 0 Å². The van der Waals surface area contributed by atoms with Gasteiger partial charge in [0, 0.05) is 26.2 Å². The third-order valence-corrected chi connectivity index (χ3v) is 7.37. The zero-order valence-corrected chi connectivity index (χ0v) is 17.9. The summed E-state index contributed by atoms with van der Waals surface area (Å²) in [6.45, 7) is 7.05. The lowest BCUT2D eigenvalue weighted by molar-refractivity contribution is -0.138. The third kappa shape index (κ3) is 4.69. The van der Waals surface area contributed by atoms with Gasteiger partial charge in [-0.1, -0.05) is 62.4 Å². The maximum Gasteiger partial charge on any atom is 0.244 e. The number of carbonyl (C=O) groups excluding carboxylic acids is 1. The van der Waals surface area contributed by atoms with E-state index in [0.29, 0.717) is 31.1 Å². The number of rotatable bonds is 7. The molecule has 0 saturated carbocycles. The van der Waals surface area contributed by atoms with Gasteiger partial charge < -0.3 is 4.90 Å². The summed E-state index contributed by atoms with van der Waals surface area (Å²) >= 11 is 0. The summed E-state index contributed by atoms with van der Waals surface area (Å²) in [5.74, 6) is 0.0386. The third-order valence-electron chi connectivity index (χ3n) is 5.46. The van der Waals surface area contributed by atoms with E-state index in [1.165, 1.54) is 4.31 Å². The van der Waals surface area contributed by atoms with Gasteiger partial charge in [0.15, 0.2) is 0 Å². The molecule has 1 atom stereocenters. The van der Waals surface area contributed by atoms with Crippen LogP contribution in [0.3, 0.4) is 0 Å². The SMILES string of the molecule is CCN(CC)C(C(=O)N1CCN(S(=O)(=O)c2ccccc2)CC1)c1ccccc1. The fourth-order valence-corrected chi connectivity index (χ4v) is 5.24. The van der Waals surface area contributed by atoms with Crippen molar-refractivity contribution in [2.45, 2.75) is 24.8 Å². The van der Waals surface area contributed by atoms with Crippen molar-refractivity contribution in [2.75, 3.05) is 39.3 Å². The van der Waals surface area contributed by atoms with Gasteiger partial charge in [-0.2, -0.15) is 4.31 Å². The van der Waals surface area contributed by atoms with Gasteiger partial charge in [0.2, 0.25) is 15.9 Å². The highest BCUT2D eigenvalue weighted by atomic mass is 32.2. The minimum absolute atomic E-state index is 0.0386. The summed E-state index contributed by atoms with van der Waals surface area (Å²) in [5.41, 5.74) is 0.973. The van der Waals surface area contributed by atoms with Crippen molar-refractivity contribution in [3.05, 3.63) is 66.2 Å². The highest BCUT2D eigenvalue weighted by molar-refractivity contribution is 7.89. The summed E-state index contributed by atoms with van der Waals surface area (Å²) in [7, 11) is -3.52. The molecule has 29 heavy (non-hydrogen) atoms. The molecule has 0 bridgehead atoms. The first-order valence-electron chi connectivity index (χ1n) is 10.1. The second-order valence-electron chi connectivity index (χ2n) is 7.08. The lowest BCUT2D eigenvalue weighted by Crippen LogP contribution is -2.53. The van der Waals surface area contributed by atoms with E-state index in [1.807, 2.05) is 30.3 Å². The summed E-state index contributed by atoms with van der Waals surface area (Å²) in [4.78, 5) is 17.6. The van der Waals surface area contributed by atoms with E-state index in [0.717, 1.165) is 18.7 Å². The normalized spacial score (nSPS) is 16.7. The van der Waals surface area contributed by atoms with E-state index in [9.17, 15) is 13.2 Å². The Morgan fingerprint density at radius 2 is 1.41 bits per heavy atom. The molecule has 1 unspecified atom stereocenters. The van der Waals surface area contributed by atoms with Gasteiger partial charge >= 0.3 is 0 Å². The minimum Gasteiger partial charge on any atom is -0.338 e. The predicted octanol–water partition coefficient (Wildman–Crippen LogP) is 2.60. The Morgan fingerprint density at radius 3 is 1.93 bits per heavy atom. The van der Waals surface area contributed by atoms with Crippen LogP contribution in [0.1, 0.15) is 25.5 Å². The molecule has 1 fully saturated rings. The van der Waals surface area contributed by atoms with E-state index in [4.69, 9.17) is 0 Å². The number of hydrogen-bond acceptors (Lipinski definition) is 4. The number of nitrogens with zero attached hydrogens (tertiary/aromatic N) is 3. The number of likely N-dealkylation sites (N-methyl/N-ethyl adjacent to an activating group) is 1. The Balaban J connectivity index is 1.74. The van der Waals surface area contributed by atoms with Gasteiger partial charge in [0.25, 0.3) is 0 Å². The van der Waals surface area contributed by atoms with E-state index >= 15 is 0 Å². The van der Waals surface area contributed by atoms with Gasteiger partial charge in [-0.05, 0) is 30.8 Å². The highest BCUT2D eigenvalue weighted by Crippen LogP contribution is 2.25. The van der Waals surface area contributed by atoms with Gasteiger partial charge in [0.1, 0.15) is 6.04 Å². The molecule has 2 aromatic carbocycles. The molecular formula is C22H29N3O3S. The number of carbonyl (C=O) groups is 1. The monoisotopic (exact) mass is 415 g/mol. The maximum atomic E-state index is 13.4. The quantitative estimate of drug-likeness (QED) is 0.697. The van der Waals surface area contributed by atoms with Crippen molar-refractivity contribution in [3.8, 4) is 0 Å². The molecule has 1 heterocycles. The van der Waals surface area contributed by atoms with Crippen molar-refractivity contribution in [2.24, 2.45) is 0 Å². The van der Waals surface area contributed by atoms with Crippen LogP contribution in [0.2, 0.25) is 0 Å². The number of benzene rings is 2. The standard InChI is InChI=1S/C22H29N3O3S/c1-3-23(4-2)21(19-11-7-5-8-12-19)22(26)24-15-17-25(18-16-24)29(27,28)20-13-9-6-10-14-20/h5-14,21H,3-4,15-18H2,1-2H3. The smallest absolute Gasteiger partial charge is 0.244 e. The molecule has 1 aliphatic rings. The van der Waals surface area contributed by atoms with Gasteiger partial charge in [0.05, 0.1) is 4.90 Å². The van der Waals surface area contributed by atoms with E-state index < -0.39 is 10.0 Å². The number of hydrogen-bond donors (Lipinski definition) is 0. The minimum atomic E-state index is -3.52. The van der Waals surface area contributed by atoms with E-state index in [1.54, 1.807) is 35.2 Å². The van der Waals surface area contributed by atoms with Crippen molar-refractivity contribution in [1.82, 2.24) is 14.1 Å². The molecule has 156 valence electrons. The summed E-state index contributed by atoms with van der Waals surface area (Å²) in [6, 6.07) is 17.9. The van der Waals surface area contributed by atoms with Crippen LogP contribution in [0.5, 0.6) is 0 Å². The van der Waals surface area contributed by atoms with Crippen LogP contribution < -0.4 is 0 Å². The van der Waals surface area contributed by atoms with E-state index in [2.05, 4.69) is 18.7 Å². The molecule has 0 aliphatic carbocycles. The molecule has 3 rings (SSSR count). The predicted molar refractivity (Wildman–Crippen MR) is 114 cm³/mol. The fourth-order valence-electron chi connectivity index (χ4n) is 3.80. The second kappa shape index (κ2) is 9.52. The van der Waals surface area contributed by atoms with Gasteiger partial charge in [-0.25, -0.2) is 8.42 Å². The number of amides is 1. The molecule has 2 aromatic rings. The lowest BCUT2D eigenvalue weighted by atomic mass is 10.0. The Morgan fingerprint density at radius 1 is 0.897 bits per heavy atom. The van der Waals surface area contributed by atoms with E-state index in [-0.39, 0.29) is 11.9 Å². The first kappa shape index (κ1) is 21.5. The Bertz CT molecular complexity index is 891. The lowest BCUT2D eigenvalue weighted by Gasteiger charge is -2.38. The molecule has 1 saturated heterocycles. The maximum absolute atomic E-state index is 13.4. The fraction of sp³-hybridized carbons (Fsp3) is 0.409. The van der Waals surface area contributed by atoms with Gasteiger partial charge in [-0.3, -0.25) is 9.69 Å². The van der Waals surface area contributed by atoms with Crippen LogP contribution in [0, 0.1) is 0 Å². The molecule has 6 nitrogen and oxygen atoms in total. The topological polar surface area (TPSA) is 60.9 Å². The van der Waals surface area contributed by atoms with Crippen molar-refractivity contribution in [1.29, 1.82) is 0 Å². The average molecular weight is 416 g/mol. The summed E-state index contributed by atoms with van der Waals surface area (Å²) < 4.78 is 27.1. The molecule has 1 aliphatic heterocycles. The number of piperazine rings is 1. The largest absolute Gasteiger partial charge is 0.338 e. The molecule has 0 N–H and O–H groups in total. The molecule has 0 aromatic heterocycles. The first-order valence-corrected chi connectivity index (χ1v) is 11.6. The molecular weight excluding hydrogens is 386 g/mol. The van der Waals surface area contributed by atoms with Crippen LogP contribution in [-0.2, 0) is 14.8 Å². The van der Waals surface area contributed by atoms with Crippen LogP contribution >= 0.6 is 0 Å². The molecule has 7 heteroatoms. The first-order chi connectivity index (χ1) is 14.0. The Labute approximate surface area is 173 Å². The van der Waals surface area contributed by atoms with Crippen LogP contribution in [0.4, 0.5) is 0 Å². The second-order valence-corrected chi connectivity index (χ2v) is 9.01. The van der Waals surface area contributed by atoms with Crippen molar-refractivity contribution < 1.29 is 13.2 Å². The summed E-state index contributed by atoms with van der Waals surface area (Å²) in [6.07, 6.45) is 0. The van der Waals surface area contributed by atoms with Crippen LogP contribution in [-0.4, -0.2) is 67.7 Å². The number of sulfonamides is 1. The zero-order chi connectivity index (χ0) is 20.9. The average Bonchev–Trinajstić information content (AvgIpc) is 2.78. The molecule has 1 amide bonds.